The van der Waals surface area contributed by atoms with Gasteiger partial charge in [-0.2, -0.15) is 0 Å². The molecular weight excluding hydrogens is 382 g/mol. The minimum atomic E-state index is 0.115. The van der Waals surface area contributed by atoms with Crippen LogP contribution in [0.3, 0.4) is 0 Å². The normalized spacial score (nSPS) is 30.2. The highest BCUT2D eigenvalue weighted by Gasteiger charge is 2.45. The van der Waals surface area contributed by atoms with Gasteiger partial charge in [-0.25, -0.2) is 0 Å². The molecule has 2 bridgehead atoms. The van der Waals surface area contributed by atoms with Crippen LogP contribution in [-0.4, -0.2) is 59.9 Å². The molecule has 6 heteroatoms. The highest BCUT2D eigenvalue weighted by atomic mass is 32.1. The lowest BCUT2D eigenvalue weighted by molar-refractivity contribution is -0.122. The van der Waals surface area contributed by atoms with Gasteiger partial charge >= 0.3 is 0 Å². The predicted molar refractivity (Wildman–Crippen MR) is 114 cm³/mol. The van der Waals surface area contributed by atoms with Crippen molar-refractivity contribution in [3.63, 3.8) is 0 Å². The average Bonchev–Trinajstić information content (AvgIpc) is 3.26. The molecule has 1 aromatic heterocycles. The molecule has 0 radical (unpaired) electrons. The van der Waals surface area contributed by atoms with Gasteiger partial charge in [0, 0.05) is 65.4 Å². The highest BCUT2D eigenvalue weighted by Crippen LogP contribution is 2.49. The van der Waals surface area contributed by atoms with Crippen LogP contribution < -0.4 is 5.32 Å². The second-order valence-corrected chi connectivity index (χ2v) is 9.88. The van der Waals surface area contributed by atoms with Crippen molar-refractivity contribution < 1.29 is 9.59 Å². The van der Waals surface area contributed by atoms with Gasteiger partial charge < -0.3 is 10.2 Å². The lowest BCUT2D eigenvalue weighted by Gasteiger charge is -2.40. The van der Waals surface area contributed by atoms with Gasteiger partial charge in [-0.3, -0.25) is 14.5 Å². The minimum absolute atomic E-state index is 0.115. The van der Waals surface area contributed by atoms with Crippen LogP contribution in [-0.2, 0) is 4.79 Å². The number of carbonyl (C=O) groups is 2. The van der Waals surface area contributed by atoms with E-state index < -0.39 is 0 Å². The average molecular weight is 410 g/mol. The van der Waals surface area contributed by atoms with Crippen LogP contribution in [0.1, 0.15) is 38.9 Å². The Labute approximate surface area is 175 Å². The predicted octanol–water partition coefficient (Wildman–Crippen LogP) is 2.88. The van der Waals surface area contributed by atoms with Crippen molar-refractivity contribution in [1.82, 2.24) is 15.1 Å². The fraction of sp³-hybridized carbons (Fsp3) is 0.478. The Balaban J connectivity index is 1.19. The van der Waals surface area contributed by atoms with Crippen molar-refractivity contribution in [2.45, 2.75) is 37.8 Å². The van der Waals surface area contributed by atoms with E-state index in [1.165, 1.54) is 9.75 Å². The third-order valence-electron chi connectivity index (χ3n) is 6.61. The van der Waals surface area contributed by atoms with E-state index in [1.807, 2.05) is 35.2 Å². The van der Waals surface area contributed by atoms with Gasteiger partial charge in [-0.05, 0) is 44.0 Å². The molecule has 0 spiro atoms. The largest absolute Gasteiger partial charge is 0.354 e. The van der Waals surface area contributed by atoms with Gasteiger partial charge in [0.05, 0.1) is 0 Å². The van der Waals surface area contributed by atoms with E-state index >= 15 is 0 Å². The van der Waals surface area contributed by atoms with Crippen molar-refractivity contribution in [3.8, 4) is 0 Å². The molecule has 5 rings (SSSR count). The molecule has 1 aromatic carbocycles. The molecule has 2 aliphatic heterocycles. The Morgan fingerprint density at radius 1 is 1.14 bits per heavy atom. The molecule has 5 atom stereocenters. The first kappa shape index (κ1) is 18.8. The summed E-state index contributed by atoms with van der Waals surface area (Å²) in [5.41, 5.74) is 0.752. The summed E-state index contributed by atoms with van der Waals surface area (Å²) >= 11 is 1.80. The molecule has 5 nitrogen and oxygen atoms in total. The lowest BCUT2D eigenvalue weighted by atomic mass is 10.1. The van der Waals surface area contributed by atoms with Gasteiger partial charge in [0.2, 0.25) is 5.91 Å². The number of nitrogens with one attached hydrogen (secondary N) is 1. The number of hydrogen-bond acceptors (Lipinski definition) is 4. The fourth-order valence-corrected chi connectivity index (χ4v) is 5.89. The summed E-state index contributed by atoms with van der Waals surface area (Å²) < 4.78 is 0. The van der Waals surface area contributed by atoms with E-state index in [2.05, 4.69) is 29.3 Å². The molecule has 29 heavy (non-hydrogen) atoms. The first-order chi connectivity index (χ1) is 14.1. The molecule has 2 aromatic rings. The van der Waals surface area contributed by atoms with Gasteiger partial charge in [0.1, 0.15) is 0 Å². The van der Waals surface area contributed by atoms with Gasteiger partial charge in [-0.1, -0.05) is 18.2 Å². The molecule has 152 valence electrons. The summed E-state index contributed by atoms with van der Waals surface area (Å²) in [6.45, 7) is 5.35. The monoisotopic (exact) mass is 409 g/mol. The Morgan fingerprint density at radius 3 is 2.72 bits per heavy atom. The number of rotatable bonds is 5. The van der Waals surface area contributed by atoms with Crippen LogP contribution in [0.25, 0.3) is 0 Å². The third-order valence-corrected chi connectivity index (χ3v) is 7.74. The van der Waals surface area contributed by atoms with E-state index in [1.54, 1.807) is 11.3 Å². The zero-order valence-electron chi connectivity index (χ0n) is 16.7. The number of aryl methyl sites for hydroxylation is 1. The van der Waals surface area contributed by atoms with E-state index in [4.69, 9.17) is 0 Å². The Hall–Kier alpha value is -2.18. The summed E-state index contributed by atoms with van der Waals surface area (Å²) in [6, 6.07) is 14.3. The molecule has 2 amide bonds. The zero-order valence-corrected chi connectivity index (χ0v) is 17.5. The van der Waals surface area contributed by atoms with Crippen molar-refractivity contribution in [2.75, 3.05) is 26.2 Å². The number of amides is 2. The fourth-order valence-electron chi connectivity index (χ4n) is 4.84. The van der Waals surface area contributed by atoms with Crippen LogP contribution in [0.15, 0.2) is 42.5 Å². The lowest BCUT2D eigenvalue weighted by Crippen LogP contribution is -2.57. The van der Waals surface area contributed by atoms with Crippen molar-refractivity contribution in [3.05, 3.63) is 57.8 Å². The summed E-state index contributed by atoms with van der Waals surface area (Å²) in [7, 11) is 0. The molecule has 2 saturated heterocycles. The summed E-state index contributed by atoms with van der Waals surface area (Å²) in [5, 5.41) is 3.19. The summed E-state index contributed by atoms with van der Waals surface area (Å²) in [4.78, 5) is 32.8. The second kappa shape index (κ2) is 7.58. The number of piperazine rings is 1. The maximum Gasteiger partial charge on any atom is 0.254 e. The van der Waals surface area contributed by atoms with Crippen molar-refractivity contribution in [1.29, 1.82) is 0 Å². The standard InChI is InChI=1S/C23H27N3O2S/c1-15-7-8-21(29-15)19-11-20(19)22(27)24-12-18-14-26(17-9-10-25(18)13-17)23(28)16-5-3-2-4-6-16/h2-8,17-20H,9-14H2,1H3,(H,24,27)/t17-,18+,19+,20+/m0/s1. The quantitative estimate of drug-likeness (QED) is 0.826. The van der Waals surface area contributed by atoms with Crippen LogP contribution in [0.5, 0.6) is 0 Å². The number of nitrogens with zero attached hydrogens (tertiary/aromatic N) is 2. The van der Waals surface area contributed by atoms with Crippen molar-refractivity contribution in [2.24, 2.45) is 5.92 Å². The maximum absolute atomic E-state index is 13.0. The maximum atomic E-state index is 13.0. The minimum Gasteiger partial charge on any atom is -0.354 e. The Bertz CT molecular complexity index is 912. The van der Waals surface area contributed by atoms with Crippen LogP contribution in [0.2, 0.25) is 0 Å². The second-order valence-electron chi connectivity index (χ2n) is 8.56. The summed E-state index contributed by atoms with van der Waals surface area (Å²) in [5.74, 6) is 0.796. The van der Waals surface area contributed by atoms with Crippen LogP contribution >= 0.6 is 11.3 Å². The number of benzene rings is 1. The first-order valence-electron chi connectivity index (χ1n) is 10.5. The number of hydrogen-bond donors (Lipinski definition) is 1. The van der Waals surface area contributed by atoms with E-state index in [9.17, 15) is 9.59 Å². The van der Waals surface area contributed by atoms with E-state index in [-0.39, 0.29) is 23.8 Å². The topological polar surface area (TPSA) is 52.7 Å². The molecule has 3 aliphatic rings. The van der Waals surface area contributed by atoms with Gasteiger partial charge in [0.25, 0.3) is 5.91 Å². The molecule has 1 saturated carbocycles. The van der Waals surface area contributed by atoms with E-state index in [0.29, 0.717) is 25.0 Å². The molecule has 3 fully saturated rings. The SMILES string of the molecule is Cc1ccc([C@@H]2C[C@H]2C(=O)NC[C@@H]2CN(C(=O)c3ccccc3)[C@H]3CCN2C3)s1. The van der Waals surface area contributed by atoms with Gasteiger partial charge in [-0.15, -0.1) is 11.3 Å². The van der Waals surface area contributed by atoms with Crippen molar-refractivity contribution >= 4 is 23.2 Å². The zero-order chi connectivity index (χ0) is 20.0. The number of thiophene rings is 1. The summed E-state index contributed by atoms with van der Waals surface area (Å²) in [6.07, 6.45) is 1.98. The molecule has 1 unspecified atom stereocenters. The highest BCUT2D eigenvalue weighted by molar-refractivity contribution is 7.12. The number of carbonyl (C=O) groups excluding carboxylic acids is 2. The molecular formula is C23H27N3O2S. The Kier molecular flexibility index (Phi) is 4.92. The number of fused-ring (bicyclic) bond motifs is 2. The third kappa shape index (κ3) is 3.71. The molecule has 3 heterocycles. The van der Waals surface area contributed by atoms with Crippen LogP contribution in [0, 0.1) is 12.8 Å². The molecule has 1 N–H and O–H groups in total. The molecule has 1 aliphatic carbocycles. The Morgan fingerprint density at radius 2 is 1.97 bits per heavy atom. The van der Waals surface area contributed by atoms with Gasteiger partial charge in [0.15, 0.2) is 0 Å². The smallest absolute Gasteiger partial charge is 0.254 e. The van der Waals surface area contributed by atoms with E-state index in [0.717, 1.165) is 31.5 Å². The first-order valence-corrected chi connectivity index (χ1v) is 11.4. The van der Waals surface area contributed by atoms with Crippen LogP contribution in [0.4, 0.5) is 0 Å².